The first-order chi connectivity index (χ1) is 11.2. The smallest absolute Gasteiger partial charge is 0.265 e. The van der Waals surface area contributed by atoms with E-state index in [2.05, 4.69) is 10.3 Å². The van der Waals surface area contributed by atoms with Gasteiger partial charge in [0.1, 0.15) is 5.82 Å². The van der Waals surface area contributed by atoms with Gasteiger partial charge in [-0.05, 0) is 35.9 Å². The fraction of sp³-hybridized carbons (Fsp3) is 0.0588. The predicted molar refractivity (Wildman–Crippen MR) is 88.5 cm³/mol. The quantitative estimate of drug-likeness (QED) is 0.780. The van der Waals surface area contributed by atoms with Crippen molar-refractivity contribution in [3.63, 3.8) is 0 Å². The molecule has 0 radical (unpaired) electrons. The summed E-state index contributed by atoms with van der Waals surface area (Å²) >= 11 is 1.35. The van der Waals surface area contributed by atoms with Crippen LogP contribution in [0.25, 0.3) is 10.4 Å². The first-order valence-corrected chi connectivity index (χ1v) is 7.64. The van der Waals surface area contributed by atoms with Gasteiger partial charge in [0.2, 0.25) is 5.88 Å². The Bertz CT molecular complexity index is 813. The molecule has 0 unspecified atom stereocenters. The first kappa shape index (κ1) is 15.2. The maximum absolute atomic E-state index is 13.0. The summed E-state index contributed by atoms with van der Waals surface area (Å²) in [5, 5.41) is 2.78. The van der Waals surface area contributed by atoms with Gasteiger partial charge in [-0.15, -0.1) is 11.3 Å². The molecule has 6 heteroatoms. The summed E-state index contributed by atoms with van der Waals surface area (Å²) in [7, 11) is 1.53. The van der Waals surface area contributed by atoms with Gasteiger partial charge in [-0.25, -0.2) is 9.37 Å². The zero-order chi connectivity index (χ0) is 16.2. The molecule has 4 nitrogen and oxygen atoms in total. The number of benzene rings is 1. The fourth-order valence-electron chi connectivity index (χ4n) is 2.00. The number of rotatable bonds is 4. The Morgan fingerprint density at radius 3 is 2.57 bits per heavy atom. The highest BCUT2D eigenvalue weighted by Gasteiger charge is 2.11. The molecule has 0 aliphatic rings. The number of halogens is 1. The van der Waals surface area contributed by atoms with E-state index in [0.29, 0.717) is 16.4 Å². The lowest BCUT2D eigenvalue weighted by molar-refractivity contribution is 0.103. The Labute approximate surface area is 136 Å². The number of aromatic nitrogens is 1. The van der Waals surface area contributed by atoms with E-state index in [1.165, 1.54) is 36.8 Å². The molecule has 1 aromatic carbocycles. The normalized spacial score (nSPS) is 10.3. The van der Waals surface area contributed by atoms with E-state index in [1.807, 2.05) is 6.07 Å². The first-order valence-electron chi connectivity index (χ1n) is 6.83. The molecule has 0 bridgehead atoms. The van der Waals surface area contributed by atoms with Crippen molar-refractivity contribution in [2.75, 3.05) is 12.4 Å². The minimum Gasteiger partial charge on any atom is -0.481 e. The predicted octanol–water partition coefficient (Wildman–Crippen LogP) is 4.21. The van der Waals surface area contributed by atoms with Gasteiger partial charge in [0.25, 0.3) is 5.91 Å². The van der Waals surface area contributed by atoms with E-state index in [9.17, 15) is 9.18 Å². The molecule has 23 heavy (non-hydrogen) atoms. The molecule has 0 saturated heterocycles. The van der Waals surface area contributed by atoms with Crippen molar-refractivity contribution in [3.8, 4) is 16.3 Å². The number of thiophene rings is 1. The van der Waals surface area contributed by atoms with Crippen LogP contribution in [0, 0.1) is 5.82 Å². The summed E-state index contributed by atoms with van der Waals surface area (Å²) in [6, 6.07) is 13.2. The van der Waals surface area contributed by atoms with Crippen LogP contribution in [0.15, 0.2) is 54.7 Å². The lowest BCUT2D eigenvalue weighted by atomic mass is 10.2. The van der Waals surface area contributed by atoms with E-state index >= 15 is 0 Å². The molecule has 3 aromatic rings. The minimum atomic E-state index is -0.282. The summed E-state index contributed by atoms with van der Waals surface area (Å²) in [5.41, 5.74) is 1.47. The van der Waals surface area contributed by atoms with Crippen LogP contribution in [-0.2, 0) is 0 Å². The number of hydrogen-bond donors (Lipinski definition) is 1. The molecule has 0 aliphatic heterocycles. The molecule has 2 heterocycles. The van der Waals surface area contributed by atoms with Crippen LogP contribution in [0.1, 0.15) is 9.67 Å². The van der Waals surface area contributed by atoms with Crippen LogP contribution in [0.2, 0.25) is 0 Å². The van der Waals surface area contributed by atoms with Crippen molar-refractivity contribution in [3.05, 3.63) is 65.4 Å². The van der Waals surface area contributed by atoms with Crippen LogP contribution >= 0.6 is 11.3 Å². The second-order valence-electron chi connectivity index (χ2n) is 4.71. The molecule has 0 fully saturated rings. The van der Waals surface area contributed by atoms with Gasteiger partial charge >= 0.3 is 0 Å². The third-order valence-corrected chi connectivity index (χ3v) is 4.29. The van der Waals surface area contributed by atoms with Crippen LogP contribution in [0.4, 0.5) is 10.1 Å². The third-order valence-electron chi connectivity index (χ3n) is 3.16. The molecule has 1 N–H and O–H groups in total. The number of carbonyl (C=O) groups is 1. The number of methoxy groups -OCH3 is 1. The number of carbonyl (C=O) groups excluding carboxylic acids is 1. The van der Waals surface area contributed by atoms with Crippen molar-refractivity contribution >= 4 is 22.9 Å². The zero-order valence-corrected chi connectivity index (χ0v) is 13.1. The lowest BCUT2D eigenvalue weighted by Gasteiger charge is -2.04. The van der Waals surface area contributed by atoms with E-state index in [1.54, 1.807) is 30.3 Å². The van der Waals surface area contributed by atoms with Crippen molar-refractivity contribution < 1.29 is 13.9 Å². The molecule has 0 spiro atoms. The molecular weight excluding hydrogens is 315 g/mol. The van der Waals surface area contributed by atoms with Gasteiger partial charge in [0, 0.05) is 10.9 Å². The summed E-state index contributed by atoms with van der Waals surface area (Å²) in [5.74, 6) is -0.0108. The molecule has 0 atom stereocenters. The summed E-state index contributed by atoms with van der Waals surface area (Å²) < 4.78 is 17.9. The number of anilines is 1. The maximum Gasteiger partial charge on any atom is 0.265 e. The average molecular weight is 328 g/mol. The van der Waals surface area contributed by atoms with Crippen LogP contribution in [-0.4, -0.2) is 18.0 Å². The van der Waals surface area contributed by atoms with Crippen molar-refractivity contribution in [2.45, 2.75) is 0 Å². The van der Waals surface area contributed by atoms with Crippen LogP contribution in [0.5, 0.6) is 5.88 Å². The van der Waals surface area contributed by atoms with Crippen molar-refractivity contribution in [2.24, 2.45) is 0 Å². The maximum atomic E-state index is 13.0. The van der Waals surface area contributed by atoms with Crippen LogP contribution < -0.4 is 10.1 Å². The van der Waals surface area contributed by atoms with Crippen LogP contribution in [0.3, 0.4) is 0 Å². The Balaban J connectivity index is 1.74. The number of hydrogen-bond acceptors (Lipinski definition) is 4. The molecule has 116 valence electrons. The monoisotopic (exact) mass is 328 g/mol. The van der Waals surface area contributed by atoms with Gasteiger partial charge in [-0.3, -0.25) is 4.79 Å². The highest BCUT2D eigenvalue weighted by Crippen LogP contribution is 2.28. The molecule has 1 amide bonds. The van der Waals surface area contributed by atoms with Gasteiger partial charge in [-0.1, -0.05) is 12.1 Å². The lowest BCUT2D eigenvalue weighted by Crippen LogP contribution is -2.10. The number of ether oxygens (including phenoxy) is 1. The largest absolute Gasteiger partial charge is 0.481 e. The van der Waals surface area contributed by atoms with Crippen molar-refractivity contribution in [1.82, 2.24) is 4.98 Å². The Kier molecular flexibility index (Phi) is 4.34. The second kappa shape index (κ2) is 6.58. The zero-order valence-electron chi connectivity index (χ0n) is 12.2. The molecule has 0 aliphatic carbocycles. The van der Waals surface area contributed by atoms with E-state index in [0.717, 1.165) is 10.4 Å². The fourth-order valence-corrected chi connectivity index (χ4v) is 2.90. The number of amides is 1. The molecule has 3 rings (SSSR count). The van der Waals surface area contributed by atoms with Gasteiger partial charge < -0.3 is 10.1 Å². The van der Waals surface area contributed by atoms with E-state index in [4.69, 9.17) is 4.74 Å². The summed E-state index contributed by atoms with van der Waals surface area (Å²) in [6.07, 6.45) is 1.53. The van der Waals surface area contributed by atoms with Gasteiger partial charge in [0.05, 0.1) is 23.9 Å². The SMILES string of the molecule is COc1ccc(NC(=O)c2ccc(-c3ccc(F)cc3)s2)cn1. The topological polar surface area (TPSA) is 51.2 Å². The standard InChI is InChI=1S/C17H13FN2O2S/c1-22-16-9-6-13(10-19-16)20-17(21)15-8-7-14(23-15)11-2-4-12(18)5-3-11/h2-10H,1H3,(H,20,21). The number of nitrogens with zero attached hydrogens (tertiary/aromatic N) is 1. The Hall–Kier alpha value is -2.73. The third kappa shape index (κ3) is 3.54. The molecular formula is C17H13FN2O2S. The highest BCUT2D eigenvalue weighted by atomic mass is 32.1. The summed E-state index contributed by atoms with van der Waals surface area (Å²) in [4.78, 5) is 17.8. The van der Waals surface area contributed by atoms with E-state index < -0.39 is 0 Å². The molecule has 0 saturated carbocycles. The Morgan fingerprint density at radius 1 is 1.13 bits per heavy atom. The highest BCUT2D eigenvalue weighted by molar-refractivity contribution is 7.17. The Morgan fingerprint density at radius 2 is 1.91 bits per heavy atom. The molecule has 2 aromatic heterocycles. The van der Waals surface area contributed by atoms with E-state index in [-0.39, 0.29) is 11.7 Å². The summed E-state index contributed by atoms with van der Waals surface area (Å²) in [6.45, 7) is 0. The van der Waals surface area contributed by atoms with Gasteiger partial charge in [0.15, 0.2) is 0 Å². The van der Waals surface area contributed by atoms with Gasteiger partial charge in [-0.2, -0.15) is 0 Å². The second-order valence-corrected chi connectivity index (χ2v) is 5.80. The van der Waals surface area contributed by atoms with Crippen molar-refractivity contribution in [1.29, 1.82) is 0 Å². The minimum absolute atomic E-state index is 0.213. The number of nitrogens with one attached hydrogen (secondary N) is 1. The number of pyridine rings is 1. The average Bonchev–Trinajstić information content (AvgIpc) is 3.06.